The number of nitrogens with zero attached hydrogens (tertiary/aromatic N) is 3. The Morgan fingerprint density at radius 1 is 1.22 bits per heavy atom. The summed E-state index contributed by atoms with van der Waals surface area (Å²) in [5, 5.41) is 8.61. The van der Waals surface area contributed by atoms with Crippen LogP contribution in [0.15, 0.2) is 38.8 Å². The molecule has 1 aliphatic rings. The second-order valence-electron chi connectivity index (χ2n) is 6.29. The molecule has 0 bridgehead atoms. The van der Waals surface area contributed by atoms with Crippen LogP contribution in [0.25, 0.3) is 11.5 Å². The van der Waals surface area contributed by atoms with Crippen molar-refractivity contribution in [1.29, 1.82) is 0 Å². The average Bonchev–Trinajstić information content (AvgIpc) is 3.17. The molecule has 1 aromatic carbocycles. The van der Waals surface area contributed by atoms with Crippen molar-refractivity contribution in [3.05, 3.63) is 24.3 Å². The summed E-state index contributed by atoms with van der Waals surface area (Å²) in [6.45, 7) is 5.31. The van der Waals surface area contributed by atoms with Crippen molar-refractivity contribution in [2.75, 3.05) is 25.4 Å². The zero-order valence-electron chi connectivity index (χ0n) is 15.6. The lowest BCUT2D eigenvalue weighted by atomic mass is 10.1. The van der Waals surface area contributed by atoms with E-state index in [4.69, 9.17) is 9.15 Å². The first-order chi connectivity index (χ1) is 13.0. The molecule has 0 radical (unpaired) electrons. The fourth-order valence-corrected chi connectivity index (χ4v) is 5.32. The van der Waals surface area contributed by atoms with E-state index in [2.05, 4.69) is 10.2 Å². The molecule has 0 N–H and O–H groups in total. The number of aromatic nitrogens is 2. The van der Waals surface area contributed by atoms with Gasteiger partial charge in [0, 0.05) is 31.0 Å². The van der Waals surface area contributed by atoms with Crippen molar-refractivity contribution in [2.45, 2.75) is 49.3 Å². The maximum absolute atomic E-state index is 12.7. The molecule has 9 heteroatoms. The highest BCUT2D eigenvalue weighted by atomic mass is 32.2. The van der Waals surface area contributed by atoms with Gasteiger partial charge in [0.2, 0.25) is 15.9 Å². The fourth-order valence-electron chi connectivity index (χ4n) is 2.99. The summed E-state index contributed by atoms with van der Waals surface area (Å²) >= 11 is 1.47. The highest BCUT2D eigenvalue weighted by molar-refractivity contribution is 7.99. The Balaban J connectivity index is 1.73. The van der Waals surface area contributed by atoms with Crippen LogP contribution in [0.2, 0.25) is 0 Å². The zero-order valence-corrected chi connectivity index (χ0v) is 17.3. The maximum atomic E-state index is 12.7. The van der Waals surface area contributed by atoms with E-state index in [0.717, 1.165) is 25.2 Å². The Bertz CT molecular complexity index is 844. The Kier molecular flexibility index (Phi) is 6.91. The summed E-state index contributed by atoms with van der Waals surface area (Å²) in [4.78, 5) is 0.228. The van der Waals surface area contributed by atoms with Crippen LogP contribution in [-0.4, -0.2) is 54.5 Å². The smallest absolute Gasteiger partial charge is 0.276 e. The maximum Gasteiger partial charge on any atom is 0.276 e. The molecule has 0 spiro atoms. The SMILES string of the molecule is CCN(CC)S(=O)(=O)c1cccc(-c2nnc(SC[C@H]3CCCCO3)o2)c1. The average molecular weight is 412 g/mol. The van der Waals surface area contributed by atoms with Gasteiger partial charge in [-0.15, -0.1) is 10.2 Å². The number of ether oxygens (including phenoxy) is 1. The summed E-state index contributed by atoms with van der Waals surface area (Å²) in [6, 6.07) is 6.63. The molecule has 1 saturated heterocycles. The molecule has 7 nitrogen and oxygen atoms in total. The van der Waals surface area contributed by atoms with Gasteiger partial charge >= 0.3 is 0 Å². The first kappa shape index (κ1) is 20.3. The first-order valence-corrected chi connectivity index (χ1v) is 11.7. The van der Waals surface area contributed by atoms with Crippen LogP contribution in [0.5, 0.6) is 0 Å². The monoisotopic (exact) mass is 411 g/mol. The van der Waals surface area contributed by atoms with Gasteiger partial charge in [-0.3, -0.25) is 0 Å². The second kappa shape index (κ2) is 9.18. The van der Waals surface area contributed by atoms with E-state index in [1.165, 1.54) is 22.5 Å². The third-order valence-corrected chi connectivity index (χ3v) is 7.49. The van der Waals surface area contributed by atoms with Crippen molar-refractivity contribution in [3.63, 3.8) is 0 Å². The highest BCUT2D eigenvalue weighted by Crippen LogP contribution is 2.27. The predicted molar refractivity (Wildman–Crippen MR) is 104 cm³/mol. The Morgan fingerprint density at radius 3 is 2.74 bits per heavy atom. The van der Waals surface area contributed by atoms with Gasteiger partial charge in [0.05, 0.1) is 11.0 Å². The lowest BCUT2D eigenvalue weighted by Crippen LogP contribution is -2.30. The van der Waals surface area contributed by atoms with E-state index >= 15 is 0 Å². The van der Waals surface area contributed by atoms with E-state index in [9.17, 15) is 8.42 Å². The summed E-state index contributed by atoms with van der Waals surface area (Å²) in [5.74, 6) is 1.09. The molecule has 0 aliphatic carbocycles. The quantitative estimate of drug-likeness (QED) is 0.615. The van der Waals surface area contributed by atoms with Crippen molar-refractivity contribution in [2.24, 2.45) is 0 Å². The van der Waals surface area contributed by atoms with Crippen LogP contribution in [0.3, 0.4) is 0 Å². The van der Waals surface area contributed by atoms with E-state index in [1.54, 1.807) is 24.3 Å². The van der Waals surface area contributed by atoms with E-state index in [0.29, 0.717) is 29.8 Å². The first-order valence-electron chi connectivity index (χ1n) is 9.23. The molecule has 0 amide bonds. The fraction of sp³-hybridized carbons (Fsp3) is 0.556. The van der Waals surface area contributed by atoms with Crippen LogP contribution in [0.4, 0.5) is 0 Å². The van der Waals surface area contributed by atoms with Crippen LogP contribution >= 0.6 is 11.8 Å². The molecular formula is C18H25N3O4S2. The normalized spacial score (nSPS) is 18.1. The number of thioether (sulfide) groups is 1. The number of sulfonamides is 1. The highest BCUT2D eigenvalue weighted by Gasteiger charge is 2.23. The van der Waals surface area contributed by atoms with Crippen LogP contribution in [0, 0.1) is 0 Å². The third kappa shape index (κ3) is 4.90. The second-order valence-corrected chi connectivity index (χ2v) is 9.20. The van der Waals surface area contributed by atoms with Gasteiger partial charge in [-0.05, 0) is 37.5 Å². The van der Waals surface area contributed by atoms with Gasteiger partial charge in [0.25, 0.3) is 5.22 Å². The van der Waals surface area contributed by atoms with Gasteiger partial charge in [-0.1, -0.05) is 31.7 Å². The van der Waals surface area contributed by atoms with Crippen molar-refractivity contribution in [3.8, 4) is 11.5 Å². The van der Waals surface area contributed by atoms with Crippen molar-refractivity contribution in [1.82, 2.24) is 14.5 Å². The summed E-state index contributed by atoms with van der Waals surface area (Å²) < 4.78 is 38.3. The molecule has 1 aromatic heterocycles. The molecule has 1 atom stereocenters. The van der Waals surface area contributed by atoms with Gasteiger partial charge < -0.3 is 9.15 Å². The molecule has 0 saturated carbocycles. The largest absolute Gasteiger partial charge is 0.411 e. The molecule has 2 heterocycles. The summed E-state index contributed by atoms with van der Waals surface area (Å²) in [5.41, 5.74) is 0.594. The standard InChI is InChI=1S/C18H25N3O4S2/c1-3-21(4-2)27(22,23)16-10-7-8-14(12-16)17-19-20-18(25-17)26-13-15-9-5-6-11-24-15/h7-8,10,12,15H,3-6,9,11,13H2,1-2H3/t15-/m1/s1. The molecule has 2 aromatic rings. The zero-order chi connectivity index (χ0) is 19.3. The van der Waals surface area contributed by atoms with Crippen LogP contribution in [-0.2, 0) is 14.8 Å². The lowest BCUT2D eigenvalue weighted by Gasteiger charge is -2.21. The molecule has 148 valence electrons. The van der Waals surface area contributed by atoms with Gasteiger partial charge in [0.1, 0.15) is 0 Å². The number of rotatable bonds is 8. The van der Waals surface area contributed by atoms with Crippen molar-refractivity contribution >= 4 is 21.8 Å². The summed E-state index contributed by atoms with van der Waals surface area (Å²) in [7, 11) is -3.53. The number of benzene rings is 1. The van der Waals surface area contributed by atoms with Gasteiger partial charge in [0.15, 0.2) is 0 Å². The number of hydrogen-bond acceptors (Lipinski definition) is 7. The van der Waals surface area contributed by atoms with Crippen molar-refractivity contribution < 1.29 is 17.6 Å². The molecule has 1 aliphatic heterocycles. The van der Waals surface area contributed by atoms with Gasteiger partial charge in [-0.25, -0.2) is 8.42 Å². The van der Waals surface area contributed by atoms with Crippen LogP contribution < -0.4 is 0 Å². The molecular weight excluding hydrogens is 386 g/mol. The topological polar surface area (TPSA) is 85.5 Å². The minimum atomic E-state index is -3.53. The molecule has 3 rings (SSSR count). The minimum Gasteiger partial charge on any atom is -0.411 e. The predicted octanol–water partition coefficient (Wildman–Crippen LogP) is 3.43. The van der Waals surface area contributed by atoms with E-state index < -0.39 is 10.0 Å². The molecule has 0 unspecified atom stereocenters. The lowest BCUT2D eigenvalue weighted by molar-refractivity contribution is 0.0314. The van der Waals surface area contributed by atoms with Gasteiger partial charge in [-0.2, -0.15) is 4.31 Å². The minimum absolute atomic E-state index is 0.224. The third-order valence-electron chi connectivity index (χ3n) is 4.50. The van der Waals surface area contributed by atoms with E-state index in [-0.39, 0.29) is 11.0 Å². The Hall–Kier alpha value is -1.42. The number of hydrogen-bond donors (Lipinski definition) is 0. The Labute approximate surface area is 164 Å². The Morgan fingerprint density at radius 2 is 2.04 bits per heavy atom. The molecule has 1 fully saturated rings. The summed E-state index contributed by atoms with van der Waals surface area (Å²) in [6.07, 6.45) is 3.59. The molecule has 27 heavy (non-hydrogen) atoms. The van der Waals surface area contributed by atoms with E-state index in [1.807, 2.05) is 13.8 Å². The van der Waals surface area contributed by atoms with Crippen LogP contribution in [0.1, 0.15) is 33.1 Å².